The van der Waals surface area contributed by atoms with Crippen LogP contribution < -0.4 is 11.1 Å². The molecule has 0 aliphatic heterocycles. The Labute approximate surface area is 100 Å². The summed E-state index contributed by atoms with van der Waals surface area (Å²) in [5, 5.41) is 2.65. The van der Waals surface area contributed by atoms with Crippen LogP contribution in [-0.2, 0) is 4.79 Å². The number of rotatable bonds is 1. The molecular formula is C10H16ClN3O2. The second kappa shape index (κ2) is 11.6. The number of hydrogen-bond acceptors (Lipinski definition) is 4. The van der Waals surface area contributed by atoms with E-state index in [1.54, 1.807) is 19.2 Å². The van der Waals surface area contributed by atoms with Gasteiger partial charge in [0.2, 0.25) is 5.91 Å². The summed E-state index contributed by atoms with van der Waals surface area (Å²) in [5.74, 6) is 0.00463. The minimum absolute atomic E-state index is 0.00463. The van der Waals surface area contributed by atoms with E-state index in [1.165, 1.54) is 20.2 Å². The van der Waals surface area contributed by atoms with E-state index in [1.807, 2.05) is 0 Å². The Hall–Kier alpha value is -1.46. The number of halogens is 1. The summed E-state index contributed by atoms with van der Waals surface area (Å²) in [5.41, 5.74) is 4.93. The molecule has 0 fully saturated rings. The fourth-order valence-electron chi connectivity index (χ4n) is 0.486. The van der Waals surface area contributed by atoms with Gasteiger partial charge in [-0.05, 0) is 19.2 Å². The van der Waals surface area contributed by atoms with E-state index in [9.17, 15) is 9.59 Å². The first-order valence-electron chi connectivity index (χ1n) is 4.43. The Morgan fingerprint density at radius 1 is 1.56 bits per heavy atom. The number of hydrogen-bond donors (Lipinski definition) is 2. The normalized spacial score (nSPS) is 7.56. The molecule has 0 bridgehead atoms. The first-order valence-corrected chi connectivity index (χ1v) is 4.81. The van der Waals surface area contributed by atoms with Crippen molar-refractivity contribution in [1.29, 1.82) is 0 Å². The highest BCUT2D eigenvalue weighted by Crippen LogP contribution is 2.07. The number of carbonyl (C=O) groups excluding carboxylic acids is 2. The van der Waals surface area contributed by atoms with Gasteiger partial charge in [-0.2, -0.15) is 0 Å². The molecule has 1 aromatic heterocycles. The Bertz CT molecular complexity index is 319. The Kier molecular flexibility index (Phi) is 12.3. The first-order chi connectivity index (χ1) is 7.61. The number of pyridine rings is 1. The molecule has 6 heteroatoms. The second-order valence-electron chi connectivity index (χ2n) is 2.31. The third-order valence-electron chi connectivity index (χ3n) is 1.27. The van der Waals surface area contributed by atoms with Crippen molar-refractivity contribution < 1.29 is 9.59 Å². The highest BCUT2D eigenvalue weighted by Gasteiger charge is 1.94. The van der Waals surface area contributed by atoms with Crippen molar-refractivity contribution in [3.63, 3.8) is 0 Å². The minimum Gasteiger partial charge on any atom is -0.359 e. The highest BCUT2D eigenvalue weighted by atomic mass is 35.5. The average Bonchev–Trinajstić information content (AvgIpc) is 2.33. The van der Waals surface area contributed by atoms with E-state index in [0.29, 0.717) is 11.8 Å². The molecule has 0 radical (unpaired) electrons. The molecule has 5 nitrogen and oxygen atoms in total. The fraction of sp³-hybridized carbons (Fsp3) is 0.300. The SMILES string of the molecule is CN.CNC(C)=O.O=Cc1cccnc1Cl. The number of aldehydes is 1. The van der Waals surface area contributed by atoms with Gasteiger partial charge in [-0.1, -0.05) is 11.6 Å². The zero-order valence-corrected chi connectivity index (χ0v) is 10.3. The summed E-state index contributed by atoms with van der Waals surface area (Å²) in [6.07, 6.45) is 2.21. The Balaban J connectivity index is 0. The quantitative estimate of drug-likeness (QED) is 0.568. The van der Waals surface area contributed by atoms with Crippen molar-refractivity contribution in [1.82, 2.24) is 10.3 Å². The van der Waals surface area contributed by atoms with E-state index in [-0.39, 0.29) is 11.1 Å². The van der Waals surface area contributed by atoms with E-state index >= 15 is 0 Å². The molecule has 0 aliphatic carbocycles. The van der Waals surface area contributed by atoms with Crippen molar-refractivity contribution in [3.05, 3.63) is 29.0 Å². The third kappa shape index (κ3) is 9.11. The lowest BCUT2D eigenvalue weighted by atomic mass is 10.3. The van der Waals surface area contributed by atoms with E-state index in [4.69, 9.17) is 11.6 Å². The third-order valence-corrected chi connectivity index (χ3v) is 1.58. The van der Waals surface area contributed by atoms with Gasteiger partial charge in [-0.3, -0.25) is 9.59 Å². The maximum atomic E-state index is 10.1. The standard InChI is InChI=1S/C6H4ClNO.C3H7NO.CH5N/c7-6-5(4-9)2-1-3-8-6;1-3(5)4-2;1-2/h1-4H;1-2H3,(H,4,5);2H2,1H3. The number of carbonyl (C=O) groups is 2. The van der Waals surface area contributed by atoms with Gasteiger partial charge in [0.05, 0.1) is 5.56 Å². The number of nitrogens with zero attached hydrogens (tertiary/aromatic N) is 1. The summed E-state index contributed by atoms with van der Waals surface area (Å²) in [7, 11) is 3.10. The summed E-state index contributed by atoms with van der Waals surface area (Å²) in [6.45, 7) is 1.47. The molecular weight excluding hydrogens is 230 g/mol. The summed E-state index contributed by atoms with van der Waals surface area (Å²) >= 11 is 5.48. The fourth-order valence-corrected chi connectivity index (χ4v) is 0.650. The number of aromatic nitrogens is 1. The van der Waals surface area contributed by atoms with Gasteiger partial charge in [-0.15, -0.1) is 0 Å². The van der Waals surface area contributed by atoms with Crippen LogP contribution >= 0.6 is 11.6 Å². The molecule has 1 heterocycles. The highest BCUT2D eigenvalue weighted by molar-refractivity contribution is 6.31. The summed E-state index contributed by atoms with van der Waals surface area (Å²) in [4.78, 5) is 23.5. The molecule has 16 heavy (non-hydrogen) atoms. The molecule has 0 aromatic carbocycles. The average molecular weight is 246 g/mol. The number of nitrogens with one attached hydrogen (secondary N) is 1. The lowest BCUT2D eigenvalue weighted by Gasteiger charge is -1.89. The minimum atomic E-state index is 0.00463. The van der Waals surface area contributed by atoms with Crippen molar-refractivity contribution in [3.8, 4) is 0 Å². The molecule has 1 rings (SSSR count). The van der Waals surface area contributed by atoms with Crippen LogP contribution in [0.3, 0.4) is 0 Å². The van der Waals surface area contributed by atoms with Crippen LogP contribution in [-0.4, -0.2) is 31.3 Å². The van der Waals surface area contributed by atoms with Gasteiger partial charge >= 0.3 is 0 Å². The van der Waals surface area contributed by atoms with Gasteiger partial charge in [0, 0.05) is 20.2 Å². The molecule has 3 N–H and O–H groups in total. The molecule has 0 aliphatic rings. The van der Waals surface area contributed by atoms with Crippen molar-refractivity contribution in [2.75, 3.05) is 14.1 Å². The van der Waals surface area contributed by atoms with Gasteiger partial charge in [-0.25, -0.2) is 4.98 Å². The van der Waals surface area contributed by atoms with Crippen molar-refractivity contribution >= 4 is 23.8 Å². The number of amides is 1. The Morgan fingerprint density at radius 3 is 2.31 bits per heavy atom. The maximum absolute atomic E-state index is 10.1. The molecule has 0 atom stereocenters. The van der Waals surface area contributed by atoms with Crippen molar-refractivity contribution in [2.24, 2.45) is 5.73 Å². The zero-order chi connectivity index (χ0) is 13.0. The molecule has 0 spiro atoms. The van der Waals surface area contributed by atoms with Crippen molar-refractivity contribution in [2.45, 2.75) is 6.92 Å². The Morgan fingerprint density at radius 2 is 2.06 bits per heavy atom. The van der Waals surface area contributed by atoms with Gasteiger partial charge < -0.3 is 11.1 Å². The monoisotopic (exact) mass is 245 g/mol. The van der Waals surface area contributed by atoms with Gasteiger partial charge in [0.1, 0.15) is 5.15 Å². The predicted octanol–water partition coefficient (Wildman–Crippen LogP) is 0.875. The topological polar surface area (TPSA) is 85.1 Å². The summed E-state index contributed by atoms with van der Waals surface area (Å²) < 4.78 is 0. The molecule has 0 saturated heterocycles. The lowest BCUT2D eigenvalue weighted by Crippen LogP contribution is -2.11. The van der Waals surface area contributed by atoms with Gasteiger partial charge in [0.15, 0.2) is 6.29 Å². The molecule has 1 aromatic rings. The van der Waals surface area contributed by atoms with Crippen LogP contribution in [0.25, 0.3) is 0 Å². The lowest BCUT2D eigenvalue weighted by molar-refractivity contribution is -0.118. The largest absolute Gasteiger partial charge is 0.359 e. The maximum Gasteiger partial charge on any atom is 0.216 e. The van der Waals surface area contributed by atoms with Crippen LogP contribution in [0.1, 0.15) is 17.3 Å². The van der Waals surface area contributed by atoms with Crippen LogP contribution in [0.4, 0.5) is 0 Å². The first kappa shape index (κ1) is 17.0. The van der Waals surface area contributed by atoms with Gasteiger partial charge in [0.25, 0.3) is 0 Å². The predicted molar refractivity (Wildman–Crippen MR) is 64.5 cm³/mol. The van der Waals surface area contributed by atoms with E-state index in [0.717, 1.165) is 0 Å². The van der Waals surface area contributed by atoms with E-state index in [2.05, 4.69) is 16.0 Å². The molecule has 90 valence electrons. The smallest absolute Gasteiger partial charge is 0.216 e. The van der Waals surface area contributed by atoms with Crippen LogP contribution in [0, 0.1) is 0 Å². The zero-order valence-electron chi connectivity index (χ0n) is 9.53. The second-order valence-corrected chi connectivity index (χ2v) is 2.67. The van der Waals surface area contributed by atoms with Crippen LogP contribution in [0.2, 0.25) is 5.15 Å². The van der Waals surface area contributed by atoms with Crippen LogP contribution in [0.15, 0.2) is 18.3 Å². The number of nitrogens with two attached hydrogens (primary N) is 1. The molecule has 0 saturated carbocycles. The van der Waals surface area contributed by atoms with Crippen LogP contribution in [0.5, 0.6) is 0 Å². The summed E-state index contributed by atoms with van der Waals surface area (Å²) in [6, 6.07) is 3.28. The van der Waals surface area contributed by atoms with E-state index < -0.39 is 0 Å². The molecule has 0 unspecified atom stereocenters. The molecule has 1 amide bonds.